The summed E-state index contributed by atoms with van der Waals surface area (Å²) < 4.78 is 0. The lowest BCUT2D eigenvalue weighted by atomic mass is 9.96. The number of aromatic nitrogens is 3. The molecule has 7 nitrogen and oxygen atoms in total. The number of fused-ring (bicyclic) bond motifs is 1. The van der Waals surface area contributed by atoms with Crippen LogP contribution in [-0.4, -0.2) is 38.7 Å². The van der Waals surface area contributed by atoms with Crippen molar-refractivity contribution < 1.29 is 9.59 Å². The van der Waals surface area contributed by atoms with Crippen molar-refractivity contribution in [2.24, 2.45) is 0 Å². The molecule has 7 heteroatoms. The zero-order chi connectivity index (χ0) is 25.1. The van der Waals surface area contributed by atoms with Gasteiger partial charge in [-0.05, 0) is 42.7 Å². The van der Waals surface area contributed by atoms with Gasteiger partial charge >= 0.3 is 6.03 Å². The fraction of sp³-hybridized carbons (Fsp3) is 0.207. The second-order valence-corrected chi connectivity index (χ2v) is 8.92. The van der Waals surface area contributed by atoms with Gasteiger partial charge in [-0.1, -0.05) is 43.3 Å². The van der Waals surface area contributed by atoms with Gasteiger partial charge in [-0.2, -0.15) is 0 Å². The van der Waals surface area contributed by atoms with Crippen LogP contribution in [0.1, 0.15) is 39.7 Å². The Labute approximate surface area is 210 Å². The Balaban J connectivity index is 1.52. The van der Waals surface area contributed by atoms with Crippen molar-refractivity contribution >= 4 is 18.0 Å². The van der Waals surface area contributed by atoms with E-state index in [1.807, 2.05) is 49.4 Å². The maximum Gasteiger partial charge on any atom is 0.322 e. The third-order valence-corrected chi connectivity index (χ3v) is 6.49. The first kappa shape index (κ1) is 23.4. The smallest absolute Gasteiger partial charge is 0.320 e. The number of aryl methyl sites for hydroxylation is 2. The summed E-state index contributed by atoms with van der Waals surface area (Å²) in [5.74, 6) is 0.525. The van der Waals surface area contributed by atoms with E-state index in [9.17, 15) is 9.59 Å². The SMILES string of the molecule is CCc1cccc(NC(=O)N2CCc3nc(-c4cncc(C=O)c4)nc(-c4ccccc4C)c3C2)c1. The zero-order valence-corrected chi connectivity index (χ0v) is 20.4. The molecule has 5 rings (SSSR count). The average molecular weight is 478 g/mol. The van der Waals surface area contributed by atoms with E-state index in [2.05, 4.69) is 23.3 Å². The summed E-state index contributed by atoms with van der Waals surface area (Å²) in [6, 6.07) is 17.6. The van der Waals surface area contributed by atoms with Crippen molar-refractivity contribution in [2.45, 2.75) is 33.2 Å². The van der Waals surface area contributed by atoms with Gasteiger partial charge in [0.1, 0.15) is 0 Å². The van der Waals surface area contributed by atoms with Gasteiger partial charge in [-0.25, -0.2) is 14.8 Å². The van der Waals surface area contributed by atoms with Crippen LogP contribution in [0.5, 0.6) is 0 Å². The second-order valence-electron chi connectivity index (χ2n) is 8.92. The molecule has 1 N–H and O–H groups in total. The molecule has 0 radical (unpaired) electrons. The molecule has 36 heavy (non-hydrogen) atoms. The molecule has 4 aromatic rings. The number of benzene rings is 2. The lowest BCUT2D eigenvalue weighted by molar-refractivity contribution is 0.112. The summed E-state index contributed by atoms with van der Waals surface area (Å²) in [5, 5.41) is 3.04. The minimum Gasteiger partial charge on any atom is -0.320 e. The van der Waals surface area contributed by atoms with E-state index in [4.69, 9.17) is 9.97 Å². The van der Waals surface area contributed by atoms with Crippen LogP contribution < -0.4 is 5.32 Å². The van der Waals surface area contributed by atoms with E-state index < -0.39 is 0 Å². The highest BCUT2D eigenvalue weighted by Gasteiger charge is 2.27. The Morgan fingerprint density at radius 1 is 1.08 bits per heavy atom. The summed E-state index contributed by atoms with van der Waals surface area (Å²) in [4.78, 5) is 40.3. The molecule has 0 spiro atoms. The fourth-order valence-corrected chi connectivity index (χ4v) is 4.49. The Morgan fingerprint density at radius 2 is 1.94 bits per heavy atom. The highest BCUT2D eigenvalue weighted by atomic mass is 16.2. The third kappa shape index (κ3) is 4.73. The highest BCUT2D eigenvalue weighted by Crippen LogP contribution is 2.32. The molecular formula is C29H27N5O2. The van der Waals surface area contributed by atoms with Crippen LogP contribution in [0.2, 0.25) is 0 Å². The molecule has 0 saturated heterocycles. The number of nitrogens with zero attached hydrogens (tertiary/aromatic N) is 4. The molecule has 0 unspecified atom stereocenters. The highest BCUT2D eigenvalue weighted by molar-refractivity contribution is 5.90. The zero-order valence-electron chi connectivity index (χ0n) is 20.4. The molecule has 1 aliphatic heterocycles. The summed E-state index contributed by atoms with van der Waals surface area (Å²) >= 11 is 0. The lowest BCUT2D eigenvalue weighted by Crippen LogP contribution is -2.39. The number of anilines is 1. The molecule has 0 saturated carbocycles. The number of urea groups is 1. The van der Waals surface area contributed by atoms with Crippen molar-refractivity contribution in [3.8, 4) is 22.6 Å². The average Bonchev–Trinajstić information content (AvgIpc) is 2.92. The lowest BCUT2D eigenvalue weighted by Gasteiger charge is -2.30. The Morgan fingerprint density at radius 3 is 2.75 bits per heavy atom. The van der Waals surface area contributed by atoms with Gasteiger partial charge in [0, 0.05) is 53.3 Å². The van der Waals surface area contributed by atoms with Crippen LogP contribution >= 0.6 is 0 Å². The largest absolute Gasteiger partial charge is 0.322 e. The number of nitrogens with one attached hydrogen (secondary N) is 1. The minimum absolute atomic E-state index is 0.142. The molecule has 3 heterocycles. The van der Waals surface area contributed by atoms with E-state index in [1.165, 1.54) is 11.8 Å². The second kappa shape index (κ2) is 10.1. The summed E-state index contributed by atoms with van der Waals surface area (Å²) in [7, 11) is 0. The van der Waals surface area contributed by atoms with Crippen molar-refractivity contribution in [1.29, 1.82) is 0 Å². The quantitative estimate of drug-likeness (QED) is 0.385. The van der Waals surface area contributed by atoms with Crippen molar-refractivity contribution in [2.75, 3.05) is 11.9 Å². The van der Waals surface area contributed by atoms with Crippen LogP contribution in [0.15, 0.2) is 67.0 Å². The van der Waals surface area contributed by atoms with E-state index >= 15 is 0 Å². The first-order chi connectivity index (χ1) is 17.6. The number of carbonyl (C=O) groups excluding carboxylic acids is 2. The Hall–Kier alpha value is -4.39. The number of hydrogen-bond donors (Lipinski definition) is 1. The molecule has 0 bridgehead atoms. The monoisotopic (exact) mass is 477 g/mol. The first-order valence-corrected chi connectivity index (χ1v) is 12.1. The van der Waals surface area contributed by atoms with E-state index in [1.54, 1.807) is 17.2 Å². The summed E-state index contributed by atoms with van der Waals surface area (Å²) in [6.45, 7) is 5.09. The third-order valence-electron chi connectivity index (χ3n) is 6.49. The minimum atomic E-state index is -0.142. The molecule has 2 aromatic heterocycles. The van der Waals surface area contributed by atoms with E-state index in [0.717, 1.165) is 46.5 Å². The molecule has 0 fully saturated rings. The maximum absolute atomic E-state index is 13.2. The molecular weight excluding hydrogens is 450 g/mol. The van der Waals surface area contributed by atoms with Gasteiger partial charge in [-0.15, -0.1) is 0 Å². The van der Waals surface area contributed by atoms with E-state index in [-0.39, 0.29) is 6.03 Å². The standard InChI is InChI=1S/C29H27N5O2/c1-3-20-8-6-9-23(14-20)31-29(36)34-12-11-26-25(17-34)27(24-10-5-4-7-19(24)2)33-28(32-26)22-13-21(18-35)15-30-16-22/h4-10,13-16,18H,3,11-12,17H2,1-2H3,(H,31,36). The predicted molar refractivity (Wildman–Crippen MR) is 140 cm³/mol. The molecule has 1 aliphatic rings. The fourth-order valence-electron chi connectivity index (χ4n) is 4.49. The number of rotatable bonds is 5. The first-order valence-electron chi connectivity index (χ1n) is 12.1. The molecule has 2 aromatic carbocycles. The molecule has 0 aliphatic carbocycles. The van der Waals surface area contributed by atoms with Crippen LogP contribution in [0.3, 0.4) is 0 Å². The Bertz CT molecular complexity index is 1450. The number of aldehydes is 1. The normalized spacial score (nSPS) is 12.7. The molecule has 2 amide bonds. The van der Waals surface area contributed by atoms with Crippen LogP contribution in [0.25, 0.3) is 22.6 Å². The van der Waals surface area contributed by atoms with Gasteiger partial charge in [0.15, 0.2) is 12.1 Å². The van der Waals surface area contributed by atoms with Crippen molar-refractivity contribution in [3.63, 3.8) is 0 Å². The van der Waals surface area contributed by atoms with Crippen LogP contribution in [0.4, 0.5) is 10.5 Å². The van der Waals surface area contributed by atoms with Crippen LogP contribution in [0, 0.1) is 6.92 Å². The van der Waals surface area contributed by atoms with E-state index in [0.29, 0.717) is 36.5 Å². The number of amides is 2. The Kier molecular flexibility index (Phi) is 6.54. The molecule has 180 valence electrons. The summed E-state index contributed by atoms with van der Waals surface area (Å²) in [6.07, 6.45) is 5.47. The van der Waals surface area contributed by atoms with Crippen molar-refractivity contribution in [1.82, 2.24) is 19.9 Å². The number of pyridine rings is 1. The van der Waals surface area contributed by atoms with Gasteiger partial charge in [0.25, 0.3) is 0 Å². The summed E-state index contributed by atoms with van der Waals surface area (Å²) in [5.41, 5.74) is 7.86. The van der Waals surface area contributed by atoms with Gasteiger partial charge in [0.05, 0.1) is 17.9 Å². The van der Waals surface area contributed by atoms with Gasteiger partial charge in [0.2, 0.25) is 0 Å². The van der Waals surface area contributed by atoms with Gasteiger partial charge < -0.3 is 10.2 Å². The van der Waals surface area contributed by atoms with Crippen molar-refractivity contribution in [3.05, 3.63) is 94.9 Å². The maximum atomic E-state index is 13.2. The topological polar surface area (TPSA) is 88.1 Å². The molecule has 0 atom stereocenters. The number of hydrogen-bond acceptors (Lipinski definition) is 5. The predicted octanol–water partition coefficient (Wildman–Crippen LogP) is 5.48. The van der Waals surface area contributed by atoms with Crippen LogP contribution in [-0.2, 0) is 19.4 Å². The number of carbonyl (C=O) groups is 2. The van der Waals surface area contributed by atoms with Gasteiger partial charge in [-0.3, -0.25) is 9.78 Å².